The Morgan fingerprint density at radius 3 is 2.17 bits per heavy atom. The fourth-order valence-electron chi connectivity index (χ4n) is 4.09. The van der Waals surface area contributed by atoms with Gasteiger partial charge in [0.15, 0.2) is 0 Å². The van der Waals surface area contributed by atoms with Gasteiger partial charge in [0.05, 0.1) is 11.9 Å². The minimum Gasteiger partial charge on any atom is -0.350 e. The Morgan fingerprint density at radius 2 is 1.64 bits per heavy atom. The van der Waals surface area contributed by atoms with Gasteiger partial charge in [0.25, 0.3) is 0 Å². The van der Waals surface area contributed by atoms with Crippen molar-refractivity contribution < 1.29 is 18.0 Å². The number of carbonyl (C=O) groups is 2. The van der Waals surface area contributed by atoms with Crippen LogP contribution in [0.3, 0.4) is 0 Å². The second-order valence-corrected chi connectivity index (χ2v) is 12.4. The van der Waals surface area contributed by atoms with Crippen LogP contribution in [0.2, 0.25) is 0 Å². The van der Waals surface area contributed by atoms with Crippen molar-refractivity contribution in [3.8, 4) is 0 Å². The molecule has 36 heavy (non-hydrogen) atoms. The molecule has 0 unspecified atom stereocenters. The average Bonchev–Trinajstić information content (AvgIpc) is 2.75. The standard InChI is InChI=1S/C28H41N3O4S/c1-8-25(27(33)29-28(4,5)6)30(20-23-12-9-11-22(3)19-23)26(32)13-10-18-31(36(7,34)35)24-16-14-21(2)15-17-24/h9,11-12,14-17,19,25H,8,10,13,18,20H2,1-7H3,(H,29,33)/t25-/m0/s1. The molecule has 0 aliphatic carbocycles. The molecule has 0 fully saturated rings. The molecule has 0 saturated heterocycles. The van der Waals surface area contributed by atoms with Crippen LogP contribution in [0.15, 0.2) is 48.5 Å². The molecular weight excluding hydrogens is 474 g/mol. The zero-order valence-electron chi connectivity index (χ0n) is 22.7. The molecular formula is C28H41N3O4S. The number of benzene rings is 2. The number of carbonyl (C=O) groups excluding carboxylic acids is 2. The van der Waals surface area contributed by atoms with Gasteiger partial charge in [-0.2, -0.15) is 0 Å². The molecule has 1 N–H and O–H groups in total. The SMILES string of the molecule is CC[C@@H](C(=O)NC(C)(C)C)N(Cc1cccc(C)c1)C(=O)CCCN(c1ccc(C)cc1)S(C)(=O)=O. The molecule has 0 spiro atoms. The molecule has 2 aromatic carbocycles. The van der Waals surface area contributed by atoms with Crippen LogP contribution in [0.4, 0.5) is 5.69 Å². The summed E-state index contributed by atoms with van der Waals surface area (Å²) in [5, 5.41) is 3.00. The second-order valence-electron chi connectivity index (χ2n) is 10.4. The van der Waals surface area contributed by atoms with Gasteiger partial charge in [0.2, 0.25) is 21.8 Å². The van der Waals surface area contributed by atoms with Crippen LogP contribution >= 0.6 is 0 Å². The molecule has 0 saturated carbocycles. The highest BCUT2D eigenvalue weighted by atomic mass is 32.2. The Balaban J connectivity index is 2.23. The van der Waals surface area contributed by atoms with Crippen molar-refractivity contribution >= 4 is 27.5 Å². The van der Waals surface area contributed by atoms with E-state index in [0.717, 1.165) is 16.7 Å². The van der Waals surface area contributed by atoms with Gasteiger partial charge < -0.3 is 10.2 Å². The maximum Gasteiger partial charge on any atom is 0.243 e. The van der Waals surface area contributed by atoms with Crippen molar-refractivity contribution in [1.82, 2.24) is 10.2 Å². The van der Waals surface area contributed by atoms with E-state index in [2.05, 4.69) is 5.32 Å². The lowest BCUT2D eigenvalue weighted by Crippen LogP contribution is -2.53. The van der Waals surface area contributed by atoms with Crippen LogP contribution in [0, 0.1) is 13.8 Å². The molecule has 1 atom stereocenters. The third kappa shape index (κ3) is 8.97. The molecule has 2 rings (SSSR count). The van der Waals surface area contributed by atoms with Gasteiger partial charge in [-0.3, -0.25) is 13.9 Å². The van der Waals surface area contributed by atoms with Gasteiger partial charge in [-0.05, 0) is 65.2 Å². The number of rotatable bonds is 11. The molecule has 0 heterocycles. The van der Waals surface area contributed by atoms with Crippen LogP contribution in [0.25, 0.3) is 0 Å². The Labute approximate surface area is 216 Å². The van der Waals surface area contributed by atoms with E-state index >= 15 is 0 Å². The molecule has 198 valence electrons. The molecule has 0 radical (unpaired) electrons. The number of sulfonamides is 1. The summed E-state index contributed by atoms with van der Waals surface area (Å²) in [6.45, 7) is 12.0. The molecule has 2 amide bonds. The predicted octanol–water partition coefficient (Wildman–Crippen LogP) is 4.57. The monoisotopic (exact) mass is 515 g/mol. The minimum atomic E-state index is -3.51. The van der Waals surface area contributed by atoms with Crippen LogP contribution in [0.5, 0.6) is 0 Å². The van der Waals surface area contributed by atoms with E-state index in [4.69, 9.17) is 0 Å². The molecule has 8 heteroatoms. The Morgan fingerprint density at radius 1 is 1.00 bits per heavy atom. The van der Waals surface area contributed by atoms with Crippen molar-refractivity contribution in [3.05, 3.63) is 65.2 Å². The summed E-state index contributed by atoms with van der Waals surface area (Å²) in [4.78, 5) is 28.3. The van der Waals surface area contributed by atoms with Gasteiger partial charge in [0, 0.05) is 25.0 Å². The molecule has 7 nitrogen and oxygen atoms in total. The fraction of sp³-hybridized carbons (Fsp3) is 0.500. The topological polar surface area (TPSA) is 86.8 Å². The van der Waals surface area contributed by atoms with Crippen LogP contribution in [-0.2, 0) is 26.2 Å². The maximum atomic E-state index is 13.5. The van der Waals surface area contributed by atoms with Crippen molar-refractivity contribution in [1.29, 1.82) is 0 Å². The quantitative estimate of drug-likeness (QED) is 0.475. The normalized spacial score (nSPS) is 12.6. The third-order valence-electron chi connectivity index (χ3n) is 5.79. The Bertz CT molecular complexity index is 1140. The van der Waals surface area contributed by atoms with Gasteiger partial charge >= 0.3 is 0 Å². The summed E-state index contributed by atoms with van der Waals surface area (Å²) in [6, 6.07) is 14.5. The van der Waals surface area contributed by atoms with Crippen LogP contribution in [0.1, 0.15) is 63.6 Å². The van der Waals surface area contributed by atoms with E-state index < -0.39 is 21.6 Å². The number of hydrogen-bond acceptors (Lipinski definition) is 4. The lowest BCUT2D eigenvalue weighted by Gasteiger charge is -2.33. The number of amides is 2. The van der Waals surface area contributed by atoms with Crippen molar-refractivity contribution in [2.75, 3.05) is 17.1 Å². The van der Waals surface area contributed by atoms with Crippen LogP contribution in [-0.4, -0.2) is 49.5 Å². The van der Waals surface area contributed by atoms with Crippen molar-refractivity contribution in [2.24, 2.45) is 0 Å². The summed E-state index contributed by atoms with van der Waals surface area (Å²) < 4.78 is 26.2. The first kappa shape index (κ1) is 29.4. The predicted molar refractivity (Wildman–Crippen MR) is 146 cm³/mol. The second kappa shape index (κ2) is 12.4. The zero-order chi connectivity index (χ0) is 27.1. The summed E-state index contributed by atoms with van der Waals surface area (Å²) in [6.07, 6.45) is 2.10. The summed E-state index contributed by atoms with van der Waals surface area (Å²) >= 11 is 0. The molecule has 0 aliphatic heterocycles. The highest BCUT2D eigenvalue weighted by Crippen LogP contribution is 2.20. The van der Waals surface area contributed by atoms with E-state index in [9.17, 15) is 18.0 Å². The minimum absolute atomic E-state index is 0.128. The lowest BCUT2D eigenvalue weighted by molar-refractivity contribution is -0.142. The van der Waals surface area contributed by atoms with E-state index in [0.29, 0.717) is 25.1 Å². The summed E-state index contributed by atoms with van der Waals surface area (Å²) in [7, 11) is -3.51. The number of nitrogens with zero attached hydrogens (tertiary/aromatic N) is 2. The van der Waals surface area contributed by atoms with Gasteiger partial charge in [0.1, 0.15) is 6.04 Å². The van der Waals surface area contributed by atoms with Crippen molar-refractivity contribution in [3.63, 3.8) is 0 Å². The first-order valence-corrected chi connectivity index (χ1v) is 14.3. The highest BCUT2D eigenvalue weighted by molar-refractivity contribution is 7.92. The van der Waals surface area contributed by atoms with Crippen LogP contribution < -0.4 is 9.62 Å². The largest absolute Gasteiger partial charge is 0.350 e. The van der Waals surface area contributed by atoms with Gasteiger partial charge in [-0.15, -0.1) is 0 Å². The van der Waals surface area contributed by atoms with Gasteiger partial charge in [-0.25, -0.2) is 8.42 Å². The Hall–Kier alpha value is -2.87. The highest BCUT2D eigenvalue weighted by Gasteiger charge is 2.30. The first-order valence-electron chi connectivity index (χ1n) is 12.4. The molecule has 0 bridgehead atoms. The van der Waals surface area contributed by atoms with E-state index in [1.54, 1.807) is 17.0 Å². The van der Waals surface area contributed by atoms with Crippen molar-refractivity contribution in [2.45, 2.75) is 78.9 Å². The molecule has 0 aliphatic rings. The van der Waals surface area contributed by atoms with E-state index in [1.165, 1.54) is 10.6 Å². The first-order chi connectivity index (χ1) is 16.7. The number of hydrogen-bond donors (Lipinski definition) is 1. The van der Waals surface area contributed by atoms with Gasteiger partial charge in [-0.1, -0.05) is 54.4 Å². The zero-order valence-corrected chi connectivity index (χ0v) is 23.5. The Kier molecular flexibility index (Phi) is 10.1. The number of anilines is 1. The number of aryl methyl sites for hydroxylation is 2. The molecule has 2 aromatic rings. The average molecular weight is 516 g/mol. The fourth-order valence-corrected chi connectivity index (χ4v) is 5.06. The third-order valence-corrected chi connectivity index (χ3v) is 6.99. The van der Waals surface area contributed by atoms with E-state index in [-0.39, 0.29) is 24.8 Å². The smallest absolute Gasteiger partial charge is 0.243 e. The summed E-state index contributed by atoms with van der Waals surface area (Å²) in [5.74, 6) is -0.367. The number of nitrogens with one attached hydrogen (secondary N) is 1. The summed E-state index contributed by atoms with van der Waals surface area (Å²) in [5.41, 5.74) is 3.21. The van der Waals surface area contributed by atoms with E-state index in [1.807, 2.05) is 77.9 Å². The molecule has 0 aromatic heterocycles. The lowest BCUT2D eigenvalue weighted by atomic mass is 10.0. The maximum absolute atomic E-state index is 13.5.